The molecule has 1 aliphatic carbocycles. The number of fused-ring (bicyclic) bond motifs is 12. The predicted octanol–water partition coefficient (Wildman–Crippen LogP) is 12.6. The van der Waals surface area contributed by atoms with Crippen LogP contribution >= 0.6 is 0 Å². The highest BCUT2D eigenvalue weighted by Crippen LogP contribution is 2.65. The van der Waals surface area contributed by atoms with E-state index < -0.39 is 21.8 Å². The molecular weight excluding hydrogens is 755 g/mol. The van der Waals surface area contributed by atoms with Crippen LogP contribution in [0.4, 0.5) is 11.4 Å². The SMILES string of the molecule is CC.Cc1ccc2c(c1)N(C1(c3ccc4c(c3)S(=O)c3ccccc3C4=O)c3ccccc3Oc3ccccc31)c1ccccc1C21c2ccccc2Cc2ccccc21. The fourth-order valence-corrected chi connectivity index (χ4v) is 12.0. The van der Waals surface area contributed by atoms with E-state index >= 15 is 0 Å². The first-order valence-corrected chi connectivity index (χ1v) is 21.9. The smallest absolute Gasteiger partial charge is 0.195 e. The Kier molecular flexibility index (Phi) is 8.23. The number of ketones is 1. The molecule has 290 valence electrons. The molecule has 4 nitrogen and oxygen atoms in total. The van der Waals surface area contributed by atoms with E-state index in [0.717, 1.165) is 51.5 Å². The summed E-state index contributed by atoms with van der Waals surface area (Å²) in [6.07, 6.45) is 0.858. The van der Waals surface area contributed by atoms with Crippen LogP contribution in [0.5, 0.6) is 11.5 Å². The normalized spacial score (nSPS) is 16.5. The summed E-state index contributed by atoms with van der Waals surface area (Å²) in [7, 11) is -1.59. The van der Waals surface area contributed by atoms with Gasteiger partial charge in [0.05, 0.1) is 26.0 Å². The second-order valence-electron chi connectivity index (χ2n) is 15.7. The highest BCUT2D eigenvalue weighted by atomic mass is 32.2. The molecule has 0 bridgehead atoms. The van der Waals surface area contributed by atoms with Crippen molar-refractivity contribution < 1.29 is 13.7 Å². The fraction of sp³-hybridized carbons (Fsp3) is 0.109. The number of hydrogen-bond acceptors (Lipinski definition) is 4. The van der Waals surface area contributed by atoms with Crippen molar-refractivity contribution in [3.05, 3.63) is 249 Å². The molecular formula is C55H41NO3S. The fourth-order valence-electron chi connectivity index (χ4n) is 10.6. The summed E-state index contributed by atoms with van der Waals surface area (Å²) in [6.45, 7) is 6.16. The number of hydrogen-bond donors (Lipinski definition) is 0. The van der Waals surface area contributed by atoms with Crippen molar-refractivity contribution in [1.82, 2.24) is 0 Å². The van der Waals surface area contributed by atoms with Crippen molar-refractivity contribution in [2.45, 2.75) is 47.9 Å². The number of carbonyl (C=O) groups excluding carboxylic acids is 1. The molecule has 0 fully saturated rings. The summed E-state index contributed by atoms with van der Waals surface area (Å²) in [5, 5.41) is 0. The van der Waals surface area contributed by atoms with Gasteiger partial charge in [-0.05, 0) is 106 Å². The molecule has 8 aromatic carbocycles. The Labute approximate surface area is 353 Å². The number of aryl methyl sites for hydroxylation is 1. The van der Waals surface area contributed by atoms with Crippen LogP contribution in [0.1, 0.15) is 85.4 Å². The highest BCUT2D eigenvalue weighted by Gasteiger charge is 2.57. The molecule has 4 aliphatic rings. The minimum Gasteiger partial charge on any atom is -0.457 e. The first-order valence-electron chi connectivity index (χ1n) is 20.8. The maximum atomic E-state index is 14.7. The van der Waals surface area contributed by atoms with Crippen molar-refractivity contribution in [2.75, 3.05) is 4.90 Å². The summed E-state index contributed by atoms with van der Waals surface area (Å²) in [5.74, 6) is 1.36. The second-order valence-corrected chi connectivity index (χ2v) is 17.1. The van der Waals surface area contributed by atoms with Gasteiger partial charge < -0.3 is 9.64 Å². The molecule has 5 heteroatoms. The Morgan fingerprint density at radius 3 is 1.73 bits per heavy atom. The zero-order valence-electron chi connectivity index (χ0n) is 33.6. The Balaban J connectivity index is 0.00000201. The van der Waals surface area contributed by atoms with Gasteiger partial charge in [-0.15, -0.1) is 0 Å². The molecule has 0 saturated carbocycles. The average molecular weight is 796 g/mol. The number of benzene rings is 8. The van der Waals surface area contributed by atoms with E-state index in [1.165, 1.54) is 33.4 Å². The molecule has 3 aliphatic heterocycles. The monoisotopic (exact) mass is 795 g/mol. The number of carbonyl (C=O) groups is 1. The van der Waals surface area contributed by atoms with Gasteiger partial charge in [0, 0.05) is 33.6 Å². The van der Waals surface area contributed by atoms with Crippen LogP contribution in [0.2, 0.25) is 0 Å². The largest absolute Gasteiger partial charge is 0.457 e. The number of rotatable bonds is 2. The van der Waals surface area contributed by atoms with E-state index in [1.54, 1.807) is 6.07 Å². The quantitative estimate of drug-likeness (QED) is 0.175. The summed E-state index contributed by atoms with van der Waals surface area (Å²) >= 11 is 0. The molecule has 1 atom stereocenters. The third-order valence-electron chi connectivity index (χ3n) is 12.9. The van der Waals surface area contributed by atoms with Crippen LogP contribution in [-0.2, 0) is 28.2 Å². The van der Waals surface area contributed by atoms with Crippen LogP contribution in [0.15, 0.2) is 192 Å². The van der Waals surface area contributed by atoms with Crippen molar-refractivity contribution in [3.63, 3.8) is 0 Å². The van der Waals surface area contributed by atoms with Crippen LogP contribution in [0.3, 0.4) is 0 Å². The maximum absolute atomic E-state index is 14.7. The van der Waals surface area contributed by atoms with E-state index in [4.69, 9.17) is 4.74 Å². The first-order chi connectivity index (χ1) is 29.5. The zero-order chi connectivity index (χ0) is 40.8. The number of nitrogens with zero attached hydrogens (tertiary/aromatic N) is 1. The lowest BCUT2D eigenvalue weighted by atomic mass is 9.57. The molecule has 0 amide bonds. The van der Waals surface area contributed by atoms with Gasteiger partial charge in [-0.25, -0.2) is 4.21 Å². The van der Waals surface area contributed by atoms with Gasteiger partial charge in [0.15, 0.2) is 5.78 Å². The van der Waals surface area contributed by atoms with Crippen LogP contribution < -0.4 is 9.64 Å². The molecule has 0 aromatic heterocycles. The van der Waals surface area contributed by atoms with E-state index in [9.17, 15) is 9.00 Å². The minimum absolute atomic E-state index is 0.112. The van der Waals surface area contributed by atoms with Crippen LogP contribution in [0.25, 0.3) is 0 Å². The lowest BCUT2D eigenvalue weighted by molar-refractivity contribution is 0.103. The van der Waals surface area contributed by atoms with Crippen molar-refractivity contribution in [1.29, 1.82) is 0 Å². The third kappa shape index (κ3) is 4.72. The molecule has 1 unspecified atom stereocenters. The van der Waals surface area contributed by atoms with E-state index in [1.807, 2.05) is 68.4 Å². The van der Waals surface area contributed by atoms with Gasteiger partial charge >= 0.3 is 0 Å². The Morgan fingerprint density at radius 2 is 1.05 bits per heavy atom. The van der Waals surface area contributed by atoms with Crippen LogP contribution in [-0.4, -0.2) is 9.99 Å². The Hall–Kier alpha value is -6.82. The van der Waals surface area contributed by atoms with E-state index in [2.05, 4.69) is 133 Å². The van der Waals surface area contributed by atoms with Gasteiger partial charge in [-0.3, -0.25) is 4.79 Å². The second kappa shape index (κ2) is 13.6. The topological polar surface area (TPSA) is 46.6 Å². The Bertz CT molecular complexity index is 3020. The molecule has 0 radical (unpaired) electrons. The summed E-state index contributed by atoms with van der Waals surface area (Å²) < 4.78 is 21.5. The van der Waals surface area contributed by atoms with Crippen LogP contribution in [0, 0.1) is 6.92 Å². The third-order valence-corrected chi connectivity index (χ3v) is 14.3. The van der Waals surface area contributed by atoms with Gasteiger partial charge in [-0.1, -0.05) is 147 Å². The Morgan fingerprint density at radius 1 is 0.517 bits per heavy atom. The molecule has 3 heterocycles. The molecule has 1 spiro atoms. The van der Waals surface area contributed by atoms with Crippen molar-refractivity contribution in [3.8, 4) is 11.5 Å². The summed E-state index contributed by atoms with van der Waals surface area (Å²) in [6, 6.07) is 63.6. The first kappa shape index (κ1) is 36.3. The number of anilines is 2. The van der Waals surface area contributed by atoms with Crippen molar-refractivity contribution >= 4 is 28.0 Å². The predicted molar refractivity (Wildman–Crippen MR) is 240 cm³/mol. The van der Waals surface area contributed by atoms with Gasteiger partial charge in [0.25, 0.3) is 0 Å². The average Bonchev–Trinajstić information content (AvgIpc) is 3.30. The van der Waals surface area contributed by atoms with E-state index in [-0.39, 0.29) is 5.78 Å². The lowest BCUT2D eigenvalue weighted by Gasteiger charge is -2.56. The molecule has 0 saturated heterocycles. The van der Waals surface area contributed by atoms with Gasteiger partial charge in [0.2, 0.25) is 0 Å². The zero-order valence-corrected chi connectivity index (χ0v) is 34.4. The molecule has 8 aromatic rings. The minimum atomic E-state index is -1.59. The van der Waals surface area contributed by atoms with E-state index in [0.29, 0.717) is 20.9 Å². The maximum Gasteiger partial charge on any atom is 0.195 e. The number of ether oxygens (including phenoxy) is 1. The molecule has 0 N–H and O–H groups in total. The molecule has 60 heavy (non-hydrogen) atoms. The summed E-state index contributed by atoms with van der Waals surface area (Å²) in [5.41, 5.74) is 12.9. The summed E-state index contributed by atoms with van der Waals surface area (Å²) in [4.78, 5) is 17.7. The molecule has 12 rings (SSSR count). The van der Waals surface area contributed by atoms with Gasteiger partial charge in [-0.2, -0.15) is 0 Å². The van der Waals surface area contributed by atoms with Gasteiger partial charge in [0.1, 0.15) is 17.0 Å². The highest BCUT2D eigenvalue weighted by molar-refractivity contribution is 7.85. The number of para-hydroxylation sites is 3. The standard InChI is InChI=1S/C53H35NO3S.C2H6/c1-33-26-29-42-46(30-33)54(45-22-10-7-19-41(45)52(42)39-17-5-2-14-34(39)31-35-15-3-6-18-40(35)52)53(43-20-8-11-23-47(43)57-48-24-12-9-21-44(48)53)36-27-28-38-50(32-36)58(56)49-25-13-4-16-37(49)51(38)55;1-2/h2-30,32H,31H2,1H3;1-2H3. The lowest BCUT2D eigenvalue weighted by Crippen LogP contribution is -2.52. The van der Waals surface area contributed by atoms with Crippen molar-refractivity contribution in [2.24, 2.45) is 0 Å².